The van der Waals surface area contributed by atoms with Crippen molar-refractivity contribution in [2.45, 2.75) is 32.5 Å². The van der Waals surface area contributed by atoms with E-state index in [0.717, 1.165) is 37.1 Å². The van der Waals surface area contributed by atoms with Crippen molar-refractivity contribution in [3.05, 3.63) is 47.8 Å². The summed E-state index contributed by atoms with van der Waals surface area (Å²) in [7, 11) is 0. The van der Waals surface area contributed by atoms with Crippen LogP contribution in [0.3, 0.4) is 0 Å². The van der Waals surface area contributed by atoms with Gasteiger partial charge in [0, 0.05) is 37.8 Å². The normalized spacial score (nSPS) is 26.5. The van der Waals surface area contributed by atoms with Gasteiger partial charge in [0.15, 0.2) is 0 Å². The largest absolute Gasteiger partial charge is 0.472 e. The van der Waals surface area contributed by atoms with Crippen molar-refractivity contribution in [1.82, 2.24) is 9.80 Å². The van der Waals surface area contributed by atoms with Crippen molar-refractivity contribution in [3.8, 4) is 0 Å². The lowest BCUT2D eigenvalue weighted by Gasteiger charge is -2.32. The Morgan fingerprint density at radius 3 is 2.86 bits per heavy atom. The molecule has 0 spiro atoms. The van der Waals surface area contributed by atoms with Gasteiger partial charge < -0.3 is 8.83 Å². The maximum atomic E-state index is 5.74. The number of aryl methyl sites for hydroxylation is 1. The Kier molecular flexibility index (Phi) is 3.36. The summed E-state index contributed by atoms with van der Waals surface area (Å²) in [5.41, 5.74) is 1.28. The molecule has 4 heteroatoms. The highest BCUT2D eigenvalue weighted by atomic mass is 16.3. The first-order valence-electron chi connectivity index (χ1n) is 7.79. The minimum absolute atomic E-state index is 0.668. The SMILES string of the molecule is Cc1ccc(CN2C[C@H]3C[C@H]2CN(Cc2ccoc2)C3)o1. The molecule has 0 aromatic carbocycles. The van der Waals surface area contributed by atoms with Crippen LogP contribution in [0.25, 0.3) is 0 Å². The van der Waals surface area contributed by atoms with E-state index in [0.29, 0.717) is 6.04 Å². The van der Waals surface area contributed by atoms with Crippen LogP contribution in [0.1, 0.15) is 23.5 Å². The van der Waals surface area contributed by atoms with Crippen molar-refractivity contribution in [2.75, 3.05) is 19.6 Å². The summed E-state index contributed by atoms with van der Waals surface area (Å²) in [6, 6.07) is 6.91. The summed E-state index contributed by atoms with van der Waals surface area (Å²) in [4.78, 5) is 5.16. The van der Waals surface area contributed by atoms with Gasteiger partial charge in [-0.25, -0.2) is 0 Å². The standard InChI is InChI=1S/C17H22N2O2/c1-13-2-3-17(21-13)11-19-9-15-6-16(19)10-18(8-15)7-14-4-5-20-12-14/h2-5,12,15-16H,6-11H2,1H3/t15-,16-/m0/s1. The van der Waals surface area contributed by atoms with E-state index >= 15 is 0 Å². The fourth-order valence-corrected chi connectivity index (χ4v) is 3.88. The molecule has 0 N–H and O–H groups in total. The smallest absolute Gasteiger partial charge is 0.118 e. The van der Waals surface area contributed by atoms with Crippen LogP contribution in [0.4, 0.5) is 0 Å². The maximum Gasteiger partial charge on any atom is 0.118 e. The van der Waals surface area contributed by atoms with Gasteiger partial charge in [0.05, 0.1) is 19.1 Å². The summed E-state index contributed by atoms with van der Waals surface area (Å²) in [5.74, 6) is 2.90. The van der Waals surface area contributed by atoms with Crippen LogP contribution >= 0.6 is 0 Å². The first-order valence-corrected chi connectivity index (χ1v) is 7.79. The van der Waals surface area contributed by atoms with Crippen LogP contribution in [0.15, 0.2) is 39.6 Å². The second kappa shape index (κ2) is 5.35. The van der Waals surface area contributed by atoms with E-state index in [4.69, 9.17) is 8.83 Å². The topological polar surface area (TPSA) is 32.8 Å². The summed E-state index contributed by atoms with van der Waals surface area (Å²) in [6.45, 7) is 7.54. The molecule has 2 aliphatic heterocycles. The van der Waals surface area contributed by atoms with Gasteiger partial charge in [-0.05, 0) is 37.5 Å². The summed E-state index contributed by atoms with van der Waals surface area (Å²) in [6.07, 6.45) is 4.96. The number of hydrogen-bond donors (Lipinski definition) is 0. The zero-order chi connectivity index (χ0) is 14.2. The van der Waals surface area contributed by atoms with Gasteiger partial charge in [-0.15, -0.1) is 0 Å². The Morgan fingerprint density at radius 1 is 1.14 bits per heavy atom. The molecule has 2 saturated heterocycles. The molecule has 2 bridgehead atoms. The second-order valence-corrected chi connectivity index (χ2v) is 6.52. The Morgan fingerprint density at radius 2 is 2.10 bits per heavy atom. The fourth-order valence-electron chi connectivity index (χ4n) is 3.88. The Hall–Kier alpha value is -1.52. The summed E-state index contributed by atoms with van der Waals surface area (Å²) >= 11 is 0. The van der Waals surface area contributed by atoms with Crippen LogP contribution in [-0.4, -0.2) is 35.5 Å². The van der Waals surface area contributed by atoms with Crippen molar-refractivity contribution in [3.63, 3.8) is 0 Å². The highest BCUT2D eigenvalue weighted by molar-refractivity contribution is 5.08. The van der Waals surface area contributed by atoms with Crippen molar-refractivity contribution in [2.24, 2.45) is 5.92 Å². The molecule has 0 radical (unpaired) electrons. The van der Waals surface area contributed by atoms with Gasteiger partial charge in [0.1, 0.15) is 11.5 Å². The maximum absolute atomic E-state index is 5.74. The van der Waals surface area contributed by atoms with Crippen molar-refractivity contribution < 1.29 is 8.83 Å². The fraction of sp³-hybridized carbons (Fsp3) is 0.529. The number of likely N-dealkylation sites (tertiary alicyclic amines) is 2. The van der Waals surface area contributed by atoms with Gasteiger partial charge in [0.2, 0.25) is 0 Å². The molecule has 2 atom stereocenters. The average Bonchev–Trinajstić information content (AvgIpc) is 3.14. The van der Waals surface area contributed by atoms with E-state index < -0.39 is 0 Å². The molecule has 0 amide bonds. The lowest BCUT2D eigenvalue weighted by atomic mass is 10.00. The Balaban J connectivity index is 1.40. The number of hydrogen-bond acceptors (Lipinski definition) is 4. The molecule has 4 heterocycles. The van der Waals surface area contributed by atoms with Crippen LogP contribution in [0.5, 0.6) is 0 Å². The lowest BCUT2D eigenvalue weighted by molar-refractivity contribution is 0.149. The second-order valence-electron chi connectivity index (χ2n) is 6.52. The van der Waals surface area contributed by atoms with Crippen LogP contribution < -0.4 is 0 Å². The predicted molar refractivity (Wildman–Crippen MR) is 79.7 cm³/mol. The number of nitrogens with zero attached hydrogens (tertiary/aromatic N) is 2. The molecular formula is C17H22N2O2. The zero-order valence-corrected chi connectivity index (χ0v) is 12.5. The van der Waals surface area contributed by atoms with Gasteiger partial charge in [-0.2, -0.15) is 0 Å². The highest BCUT2D eigenvalue weighted by Crippen LogP contribution is 2.31. The molecule has 2 aromatic heterocycles. The van der Waals surface area contributed by atoms with E-state index in [1.165, 1.54) is 25.1 Å². The van der Waals surface area contributed by atoms with Crippen LogP contribution in [-0.2, 0) is 13.1 Å². The minimum atomic E-state index is 0.668. The average molecular weight is 286 g/mol. The van der Waals surface area contributed by atoms with Crippen LogP contribution in [0, 0.1) is 12.8 Å². The van der Waals surface area contributed by atoms with Gasteiger partial charge in [-0.3, -0.25) is 9.80 Å². The van der Waals surface area contributed by atoms with E-state index in [1.54, 1.807) is 6.26 Å². The zero-order valence-electron chi connectivity index (χ0n) is 12.5. The third kappa shape index (κ3) is 2.78. The minimum Gasteiger partial charge on any atom is -0.472 e. The summed E-state index contributed by atoms with van der Waals surface area (Å²) < 4.78 is 10.9. The van der Waals surface area contributed by atoms with Gasteiger partial charge in [0.25, 0.3) is 0 Å². The quantitative estimate of drug-likeness (QED) is 0.865. The van der Waals surface area contributed by atoms with E-state index in [-0.39, 0.29) is 0 Å². The molecule has 4 nitrogen and oxygen atoms in total. The molecular weight excluding hydrogens is 264 g/mol. The summed E-state index contributed by atoms with van der Waals surface area (Å²) in [5, 5.41) is 0. The molecule has 0 saturated carbocycles. The molecule has 2 fully saturated rings. The van der Waals surface area contributed by atoms with E-state index in [2.05, 4.69) is 28.0 Å². The Bertz CT molecular complexity index is 590. The first kappa shape index (κ1) is 13.2. The molecule has 0 aliphatic carbocycles. The monoisotopic (exact) mass is 286 g/mol. The van der Waals surface area contributed by atoms with Gasteiger partial charge in [-0.1, -0.05) is 0 Å². The third-order valence-corrected chi connectivity index (χ3v) is 4.74. The first-order chi connectivity index (χ1) is 10.3. The highest BCUT2D eigenvalue weighted by Gasteiger charge is 2.38. The van der Waals surface area contributed by atoms with Crippen molar-refractivity contribution >= 4 is 0 Å². The number of furan rings is 2. The molecule has 2 aromatic rings. The van der Waals surface area contributed by atoms with Crippen molar-refractivity contribution in [1.29, 1.82) is 0 Å². The molecule has 0 unspecified atom stereocenters. The van der Waals surface area contributed by atoms with Gasteiger partial charge >= 0.3 is 0 Å². The Labute approximate surface area is 125 Å². The lowest BCUT2D eigenvalue weighted by Crippen LogP contribution is -2.41. The van der Waals surface area contributed by atoms with E-state index in [1.807, 2.05) is 13.2 Å². The molecule has 21 heavy (non-hydrogen) atoms. The predicted octanol–water partition coefficient (Wildman–Crippen LogP) is 2.89. The number of piperidine rings is 1. The van der Waals surface area contributed by atoms with E-state index in [9.17, 15) is 0 Å². The van der Waals surface area contributed by atoms with Crippen LogP contribution in [0.2, 0.25) is 0 Å². The molecule has 112 valence electrons. The third-order valence-electron chi connectivity index (χ3n) is 4.74. The number of rotatable bonds is 4. The molecule has 4 rings (SSSR count). The molecule has 2 aliphatic rings. The number of fused-ring (bicyclic) bond motifs is 2.